The lowest BCUT2D eigenvalue weighted by molar-refractivity contribution is -0.137. The second-order valence-corrected chi connectivity index (χ2v) is 10.3. The van der Waals surface area contributed by atoms with Gasteiger partial charge >= 0.3 is 12.1 Å². The number of rotatable bonds is 7. The normalized spacial score (nSPS) is 13.1. The highest BCUT2D eigenvalue weighted by atomic mass is 32.2. The van der Waals surface area contributed by atoms with Crippen molar-refractivity contribution in [2.24, 2.45) is 0 Å². The first kappa shape index (κ1) is 25.3. The van der Waals surface area contributed by atoms with Crippen molar-refractivity contribution in [2.75, 3.05) is 0 Å². The number of benzene rings is 4. The molecule has 36 heavy (non-hydrogen) atoms. The molecule has 0 amide bonds. The van der Waals surface area contributed by atoms with Crippen molar-refractivity contribution in [3.05, 3.63) is 139 Å². The summed E-state index contributed by atoms with van der Waals surface area (Å²) >= 11 is 0. The Morgan fingerprint density at radius 3 is 1.61 bits per heavy atom. The minimum absolute atomic E-state index is 0.336. The number of esters is 1. The molecule has 6 heteroatoms. The number of carbonyl (C=O) groups excluding carboxylic acids is 1. The molecule has 0 saturated carbocycles. The molecule has 4 aromatic rings. The fraction of sp³-hybridized carbons (Fsp3) is 0.100. The van der Waals surface area contributed by atoms with Crippen LogP contribution in [0.3, 0.4) is 0 Å². The lowest BCUT2D eigenvalue weighted by Gasteiger charge is -2.27. The van der Waals surface area contributed by atoms with E-state index in [0.717, 1.165) is 26.8 Å². The van der Waals surface area contributed by atoms with Crippen LogP contribution in [0.4, 0.5) is 13.2 Å². The van der Waals surface area contributed by atoms with Gasteiger partial charge in [0.25, 0.3) is 0 Å². The van der Waals surface area contributed by atoms with Gasteiger partial charge in [-0.1, -0.05) is 55.1 Å². The minimum atomic E-state index is -4.44. The lowest BCUT2D eigenvalue weighted by atomic mass is 9.94. The van der Waals surface area contributed by atoms with E-state index in [1.807, 2.05) is 48.5 Å². The third-order valence-electron chi connectivity index (χ3n) is 5.76. The van der Waals surface area contributed by atoms with Crippen molar-refractivity contribution in [3.63, 3.8) is 0 Å². The fourth-order valence-electron chi connectivity index (χ4n) is 3.71. The van der Waals surface area contributed by atoms with Gasteiger partial charge in [-0.25, -0.2) is 4.79 Å². The molecule has 0 fully saturated rings. The van der Waals surface area contributed by atoms with Gasteiger partial charge in [-0.15, -0.1) is 0 Å². The summed E-state index contributed by atoms with van der Waals surface area (Å²) in [6.45, 7) is 5.33. The molecule has 0 heterocycles. The molecule has 0 aliphatic carbocycles. The number of hydrogen-bond acceptors (Lipinski definition) is 2. The summed E-state index contributed by atoms with van der Waals surface area (Å²) in [5.74, 6) is -0.594. The zero-order valence-electron chi connectivity index (χ0n) is 19.5. The monoisotopic (exact) mass is 505 g/mol. The highest BCUT2D eigenvalue weighted by Crippen LogP contribution is 2.34. The van der Waals surface area contributed by atoms with Crippen molar-refractivity contribution >= 4 is 16.9 Å². The summed E-state index contributed by atoms with van der Waals surface area (Å²) in [6.07, 6.45) is -3.04. The fourth-order valence-corrected chi connectivity index (χ4v) is 5.79. The Bertz CT molecular complexity index is 1280. The third-order valence-corrected chi connectivity index (χ3v) is 7.99. The van der Waals surface area contributed by atoms with E-state index in [-0.39, 0.29) is 10.9 Å². The van der Waals surface area contributed by atoms with E-state index in [2.05, 4.69) is 30.8 Å². The van der Waals surface area contributed by atoms with Gasteiger partial charge in [0.05, 0.1) is 22.0 Å². The predicted octanol–water partition coefficient (Wildman–Crippen LogP) is 8.06. The SMILES string of the molecule is C=CC(C)(OC(=O)c1ccc([S+](c2ccccc2)c2ccccc2)cc1)c1ccc(C(F)(F)F)cc1. The average molecular weight is 506 g/mol. The molecule has 0 aliphatic heterocycles. The van der Waals surface area contributed by atoms with E-state index in [1.165, 1.54) is 18.2 Å². The molecule has 182 valence electrons. The molecule has 4 rings (SSSR count). The van der Waals surface area contributed by atoms with Gasteiger partial charge in [-0.3, -0.25) is 0 Å². The third kappa shape index (κ3) is 5.55. The number of halogens is 3. The summed E-state index contributed by atoms with van der Waals surface area (Å²) in [5, 5.41) is 0. The van der Waals surface area contributed by atoms with Crippen molar-refractivity contribution in [1.82, 2.24) is 0 Å². The molecule has 0 radical (unpaired) electrons. The van der Waals surface area contributed by atoms with E-state index >= 15 is 0 Å². The van der Waals surface area contributed by atoms with Crippen LogP contribution < -0.4 is 0 Å². The number of carbonyl (C=O) groups is 1. The molecular formula is C30H24F3O2S+. The van der Waals surface area contributed by atoms with E-state index in [4.69, 9.17) is 4.74 Å². The molecule has 0 bridgehead atoms. The van der Waals surface area contributed by atoms with Crippen LogP contribution in [-0.2, 0) is 27.4 Å². The standard InChI is InChI=1S/C30H24F3O2S/c1-3-29(2,23-16-18-24(19-17-23)30(31,32)33)35-28(34)22-14-20-27(21-15-22)36(25-10-6-4-7-11-25)26-12-8-5-9-13-26/h3-21H,1H2,2H3/q+1. The Hall–Kier alpha value is -3.77. The minimum Gasteiger partial charge on any atom is -0.447 e. The second-order valence-electron chi connectivity index (χ2n) is 8.23. The van der Waals surface area contributed by atoms with Crippen LogP contribution in [0.5, 0.6) is 0 Å². The maximum absolute atomic E-state index is 13.0. The van der Waals surface area contributed by atoms with E-state index < -0.39 is 23.3 Å². The van der Waals surface area contributed by atoms with Gasteiger partial charge < -0.3 is 4.74 Å². The molecule has 2 nitrogen and oxygen atoms in total. The smallest absolute Gasteiger partial charge is 0.416 e. The molecule has 0 saturated heterocycles. The summed E-state index contributed by atoms with van der Waals surface area (Å²) in [5.41, 5.74) is -1.33. The van der Waals surface area contributed by atoms with E-state index in [1.54, 1.807) is 19.1 Å². The van der Waals surface area contributed by atoms with Gasteiger partial charge in [0.15, 0.2) is 20.3 Å². The van der Waals surface area contributed by atoms with E-state index in [9.17, 15) is 18.0 Å². The summed E-state index contributed by atoms with van der Waals surface area (Å²) < 4.78 is 44.5. The van der Waals surface area contributed by atoms with Crippen molar-refractivity contribution in [1.29, 1.82) is 0 Å². The molecule has 1 atom stereocenters. The van der Waals surface area contributed by atoms with Gasteiger partial charge in [-0.05, 0) is 79.2 Å². The summed E-state index contributed by atoms with van der Waals surface area (Å²) in [7, 11) is -0.356. The van der Waals surface area contributed by atoms with Gasteiger partial charge in [-0.2, -0.15) is 13.2 Å². The van der Waals surface area contributed by atoms with Crippen molar-refractivity contribution in [2.45, 2.75) is 33.4 Å². The number of hydrogen-bond donors (Lipinski definition) is 0. The van der Waals surface area contributed by atoms with Crippen LogP contribution in [0.25, 0.3) is 0 Å². The topological polar surface area (TPSA) is 26.3 Å². The molecule has 0 N–H and O–H groups in total. The predicted molar refractivity (Wildman–Crippen MR) is 136 cm³/mol. The molecular weight excluding hydrogens is 481 g/mol. The van der Waals surface area contributed by atoms with Crippen molar-refractivity contribution in [3.8, 4) is 0 Å². The number of ether oxygens (including phenoxy) is 1. The van der Waals surface area contributed by atoms with Crippen LogP contribution in [0.2, 0.25) is 0 Å². The van der Waals surface area contributed by atoms with Crippen LogP contribution in [-0.4, -0.2) is 5.97 Å². The van der Waals surface area contributed by atoms with Gasteiger partial charge in [0.2, 0.25) is 0 Å². The highest BCUT2D eigenvalue weighted by Gasteiger charge is 2.33. The Labute approximate surface area is 211 Å². The second kappa shape index (κ2) is 10.5. The van der Waals surface area contributed by atoms with Crippen LogP contribution in [0.1, 0.15) is 28.4 Å². The summed E-state index contributed by atoms with van der Waals surface area (Å²) in [4.78, 5) is 16.3. The van der Waals surface area contributed by atoms with Crippen LogP contribution in [0, 0.1) is 0 Å². The number of alkyl halides is 3. The van der Waals surface area contributed by atoms with Crippen LogP contribution >= 0.6 is 0 Å². The maximum Gasteiger partial charge on any atom is 0.416 e. The maximum atomic E-state index is 13.0. The first-order chi connectivity index (χ1) is 17.2. The Balaban J connectivity index is 1.58. The Kier molecular flexibility index (Phi) is 7.36. The van der Waals surface area contributed by atoms with E-state index in [0.29, 0.717) is 11.1 Å². The Morgan fingerprint density at radius 1 is 0.722 bits per heavy atom. The van der Waals surface area contributed by atoms with Gasteiger partial charge in [0, 0.05) is 0 Å². The lowest BCUT2D eigenvalue weighted by Crippen LogP contribution is -2.27. The van der Waals surface area contributed by atoms with Gasteiger partial charge in [0.1, 0.15) is 0 Å². The zero-order valence-corrected chi connectivity index (χ0v) is 20.4. The average Bonchev–Trinajstić information content (AvgIpc) is 2.90. The first-order valence-corrected chi connectivity index (χ1v) is 12.4. The first-order valence-electron chi connectivity index (χ1n) is 11.2. The molecule has 0 aliphatic rings. The highest BCUT2D eigenvalue weighted by molar-refractivity contribution is 7.97. The Morgan fingerprint density at radius 2 is 1.17 bits per heavy atom. The molecule has 0 spiro atoms. The van der Waals surface area contributed by atoms with Crippen LogP contribution in [0.15, 0.2) is 137 Å². The summed E-state index contributed by atoms with van der Waals surface area (Å²) in [6, 6.07) is 32.0. The van der Waals surface area contributed by atoms with Crippen molar-refractivity contribution < 1.29 is 22.7 Å². The molecule has 4 aromatic carbocycles. The zero-order chi connectivity index (χ0) is 25.8. The largest absolute Gasteiger partial charge is 0.447 e. The molecule has 1 unspecified atom stereocenters. The molecule has 0 aromatic heterocycles. The quantitative estimate of drug-likeness (QED) is 0.144.